The number of nitrogens with one attached hydrogen (secondary N) is 1. The molecule has 1 aliphatic rings. The highest BCUT2D eigenvalue weighted by Gasteiger charge is 2.16. The SMILES string of the molecule is CCNC(Cc1ccc(C)cc1)c1ccc2c(c1)CCO2. The summed E-state index contributed by atoms with van der Waals surface area (Å²) in [4.78, 5) is 0. The zero-order valence-corrected chi connectivity index (χ0v) is 12.9. The van der Waals surface area contributed by atoms with Crippen molar-refractivity contribution in [1.82, 2.24) is 5.32 Å². The summed E-state index contributed by atoms with van der Waals surface area (Å²) < 4.78 is 5.60. The smallest absolute Gasteiger partial charge is 0.122 e. The van der Waals surface area contributed by atoms with Crippen molar-refractivity contribution in [3.63, 3.8) is 0 Å². The predicted molar refractivity (Wildman–Crippen MR) is 86.9 cm³/mol. The Morgan fingerprint density at radius 3 is 2.71 bits per heavy atom. The van der Waals surface area contributed by atoms with Gasteiger partial charge in [-0.3, -0.25) is 0 Å². The molecule has 0 fully saturated rings. The number of benzene rings is 2. The third-order valence-corrected chi connectivity index (χ3v) is 4.13. The molecule has 0 saturated carbocycles. The van der Waals surface area contributed by atoms with Gasteiger partial charge in [0.15, 0.2) is 0 Å². The number of ether oxygens (including phenoxy) is 1. The molecule has 0 amide bonds. The van der Waals surface area contributed by atoms with Crippen molar-refractivity contribution in [2.24, 2.45) is 0 Å². The summed E-state index contributed by atoms with van der Waals surface area (Å²) in [5.41, 5.74) is 5.40. The normalized spacial score (nSPS) is 14.6. The third kappa shape index (κ3) is 3.27. The first kappa shape index (κ1) is 14.2. The maximum absolute atomic E-state index is 5.60. The molecule has 2 heteroatoms. The topological polar surface area (TPSA) is 21.3 Å². The summed E-state index contributed by atoms with van der Waals surface area (Å²) in [6.07, 6.45) is 2.06. The van der Waals surface area contributed by atoms with Crippen LogP contribution >= 0.6 is 0 Å². The highest BCUT2D eigenvalue weighted by Crippen LogP contribution is 2.29. The van der Waals surface area contributed by atoms with Crippen LogP contribution in [0.1, 0.15) is 35.2 Å². The maximum Gasteiger partial charge on any atom is 0.122 e. The molecule has 2 aromatic carbocycles. The molecule has 2 aromatic rings. The molecule has 0 radical (unpaired) electrons. The average molecular weight is 281 g/mol. The summed E-state index contributed by atoms with van der Waals surface area (Å²) in [5.74, 6) is 1.06. The van der Waals surface area contributed by atoms with Crippen molar-refractivity contribution in [2.45, 2.75) is 32.7 Å². The summed E-state index contributed by atoms with van der Waals surface area (Å²) in [5, 5.41) is 3.61. The molecule has 1 unspecified atom stereocenters. The molecule has 2 nitrogen and oxygen atoms in total. The van der Waals surface area contributed by atoms with Gasteiger partial charge in [0.2, 0.25) is 0 Å². The lowest BCUT2D eigenvalue weighted by Gasteiger charge is -2.19. The Morgan fingerprint density at radius 2 is 1.95 bits per heavy atom. The standard InChI is InChI=1S/C19H23NO/c1-3-20-18(12-15-6-4-14(2)5-7-15)16-8-9-19-17(13-16)10-11-21-19/h4-9,13,18,20H,3,10-12H2,1-2H3. The molecule has 0 spiro atoms. The molecular weight excluding hydrogens is 258 g/mol. The molecule has 21 heavy (non-hydrogen) atoms. The van der Waals surface area contributed by atoms with Gasteiger partial charge in [-0.15, -0.1) is 0 Å². The highest BCUT2D eigenvalue weighted by atomic mass is 16.5. The van der Waals surface area contributed by atoms with E-state index in [9.17, 15) is 0 Å². The molecule has 3 rings (SSSR count). The van der Waals surface area contributed by atoms with Crippen molar-refractivity contribution in [3.05, 3.63) is 64.7 Å². The van der Waals surface area contributed by atoms with E-state index in [1.807, 2.05) is 0 Å². The zero-order valence-electron chi connectivity index (χ0n) is 12.9. The van der Waals surface area contributed by atoms with Gasteiger partial charge in [0, 0.05) is 12.5 Å². The van der Waals surface area contributed by atoms with Crippen LogP contribution in [0.4, 0.5) is 0 Å². The lowest BCUT2D eigenvalue weighted by Crippen LogP contribution is -2.23. The summed E-state index contributed by atoms with van der Waals surface area (Å²) >= 11 is 0. The van der Waals surface area contributed by atoms with Gasteiger partial charge in [0.1, 0.15) is 5.75 Å². The van der Waals surface area contributed by atoms with E-state index in [2.05, 4.69) is 61.6 Å². The third-order valence-electron chi connectivity index (χ3n) is 4.13. The van der Waals surface area contributed by atoms with Crippen LogP contribution in [0.5, 0.6) is 5.75 Å². The van der Waals surface area contributed by atoms with Crippen molar-refractivity contribution in [2.75, 3.05) is 13.2 Å². The van der Waals surface area contributed by atoms with E-state index in [1.54, 1.807) is 0 Å². The molecule has 0 bridgehead atoms. The second kappa shape index (κ2) is 6.31. The van der Waals surface area contributed by atoms with Crippen LogP contribution in [0, 0.1) is 6.92 Å². The van der Waals surface area contributed by atoms with Crippen molar-refractivity contribution in [3.8, 4) is 5.75 Å². The fourth-order valence-corrected chi connectivity index (χ4v) is 2.94. The average Bonchev–Trinajstić information content (AvgIpc) is 2.96. The van der Waals surface area contributed by atoms with E-state index in [-0.39, 0.29) is 0 Å². The van der Waals surface area contributed by atoms with Crippen LogP contribution in [0.15, 0.2) is 42.5 Å². The van der Waals surface area contributed by atoms with Crippen LogP contribution in [0.25, 0.3) is 0 Å². The molecule has 0 saturated heterocycles. The molecule has 1 aliphatic heterocycles. The van der Waals surface area contributed by atoms with E-state index in [1.165, 1.54) is 22.3 Å². The van der Waals surface area contributed by atoms with Gasteiger partial charge in [-0.25, -0.2) is 0 Å². The number of fused-ring (bicyclic) bond motifs is 1. The lowest BCUT2D eigenvalue weighted by molar-refractivity contribution is 0.356. The monoisotopic (exact) mass is 281 g/mol. The van der Waals surface area contributed by atoms with Crippen molar-refractivity contribution in [1.29, 1.82) is 0 Å². The van der Waals surface area contributed by atoms with Gasteiger partial charge in [-0.05, 0) is 42.6 Å². The van der Waals surface area contributed by atoms with E-state index in [4.69, 9.17) is 4.74 Å². The first-order valence-corrected chi connectivity index (χ1v) is 7.81. The Balaban J connectivity index is 1.82. The van der Waals surface area contributed by atoms with Gasteiger partial charge in [0.25, 0.3) is 0 Å². The maximum atomic E-state index is 5.60. The lowest BCUT2D eigenvalue weighted by atomic mass is 9.96. The van der Waals surface area contributed by atoms with Crippen molar-refractivity contribution < 1.29 is 4.74 Å². The predicted octanol–water partition coefficient (Wildman–Crippen LogP) is 3.82. The Bertz CT molecular complexity index is 603. The molecule has 110 valence electrons. The second-order valence-corrected chi connectivity index (χ2v) is 5.77. The van der Waals surface area contributed by atoms with Gasteiger partial charge < -0.3 is 10.1 Å². The molecular formula is C19H23NO. The molecule has 0 aliphatic carbocycles. The van der Waals surface area contributed by atoms with Crippen LogP contribution in [-0.2, 0) is 12.8 Å². The van der Waals surface area contributed by atoms with E-state index < -0.39 is 0 Å². The van der Waals surface area contributed by atoms with Gasteiger partial charge >= 0.3 is 0 Å². The molecule has 1 N–H and O–H groups in total. The highest BCUT2D eigenvalue weighted by molar-refractivity contribution is 5.41. The van der Waals surface area contributed by atoms with E-state index >= 15 is 0 Å². The van der Waals surface area contributed by atoms with Crippen LogP contribution in [0.2, 0.25) is 0 Å². The largest absolute Gasteiger partial charge is 0.493 e. The fourth-order valence-electron chi connectivity index (χ4n) is 2.94. The van der Waals surface area contributed by atoms with Crippen LogP contribution in [0.3, 0.4) is 0 Å². The van der Waals surface area contributed by atoms with Gasteiger partial charge in [0.05, 0.1) is 6.61 Å². The van der Waals surface area contributed by atoms with Crippen molar-refractivity contribution >= 4 is 0 Å². The minimum atomic E-state index is 0.364. The summed E-state index contributed by atoms with van der Waals surface area (Å²) in [6, 6.07) is 15.8. The molecule has 1 heterocycles. The minimum absolute atomic E-state index is 0.364. The number of rotatable bonds is 5. The van der Waals surface area contributed by atoms with Gasteiger partial charge in [-0.2, -0.15) is 0 Å². The van der Waals surface area contributed by atoms with Crippen LogP contribution in [-0.4, -0.2) is 13.2 Å². The molecule has 1 atom stereocenters. The Morgan fingerprint density at radius 1 is 1.14 bits per heavy atom. The number of hydrogen-bond donors (Lipinski definition) is 1. The number of aryl methyl sites for hydroxylation is 1. The first-order chi connectivity index (χ1) is 10.3. The summed E-state index contributed by atoms with van der Waals surface area (Å²) in [7, 11) is 0. The van der Waals surface area contributed by atoms with E-state index in [0.29, 0.717) is 6.04 Å². The summed E-state index contributed by atoms with van der Waals surface area (Å²) in [6.45, 7) is 6.09. The second-order valence-electron chi connectivity index (χ2n) is 5.77. The fraction of sp³-hybridized carbons (Fsp3) is 0.368. The number of hydrogen-bond acceptors (Lipinski definition) is 2. The van der Waals surface area contributed by atoms with Crippen LogP contribution < -0.4 is 10.1 Å². The Labute approximate surface area is 127 Å². The van der Waals surface area contributed by atoms with E-state index in [0.717, 1.165) is 31.7 Å². The first-order valence-electron chi connectivity index (χ1n) is 7.81. The Kier molecular flexibility index (Phi) is 4.26. The quantitative estimate of drug-likeness (QED) is 0.899. The molecule has 0 aromatic heterocycles. The number of likely N-dealkylation sites (N-methyl/N-ethyl adjacent to an activating group) is 1. The van der Waals surface area contributed by atoms with Gasteiger partial charge in [-0.1, -0.05) is 48.9 Å². The minimum Gasteiger partial charge on any atom is -0.493 e. The Hall–Kier alpha value is -1.80. The zero-order chi connectivity index (χ0) is 14.7.